The first-order valence-corrected chi connectivity index (χ1v) is 9.32. The SMILES string of the molecule is O=C(CCc1nc(-c2ccccc2F)no1)NC1CCS(=O)(=O)C1. The second-order valence-corrected chi connectivity index (χ2v) is 7.89. The van der Waals surface area contributed by atoms with E-state index in [1.165, 1.54) is 12.1 Å². The van der Waals surface area contributed by atoms with Crippen molar-refractivity contribution in [2.24, 2.45) is 0 Å². The van der Waals surface area contributed by atoms with Gasteiger partial charge in [-0.15, -0.1) is 0 Å². The summed E-state index contributed by atoms with van der Waals surface area (Å²) in [5.74, 6) is -0.287. The van der Waals surface area contributed by atoms with Gasteiger partial charge in [0.05, 0.1) is 17.1 Å². The van der Waals surface area contributed by atoms with Crippen molar-refractivity contribution in [2.45, 2.75) is 25.3 Å². The number of carbonyl (C=O) groups is 1. The number of rotatable bonds is 5. The molecule has 1 aromatic heterocycles. The standard InChI is InChI=1S/C15H16FN3O4S/c16-12-4-2-1-3-11(12)15-18-14(23-19-15)6-5-13(20)17-10-7-8-24(21,22)9-10/h1-4,10H,5-9H2,(H,17,20). The second kappa shape index (κ2) is 6.68. The molecule has 1 unspecified atom stereocenters. The van der Waals surface area contributed by atoms with Crippen LogP contribution in [0.1, 0.15) is 18.7 Å². The molecule has 2 aromatic rings. The van der Waals surface area contributed by atoms with Gasteiger partial charge < -0.3 is 9.84 Å². The Labute approximate surface area is 138 Å². The van der Waals surface area contributed by atoms with Gasteiger partial charge in [0.2, 0.25) is 17.6 Å². The fraction of sp³-hybridized carbons (Fsp3) is 0.400. The fourth-order valence-electron chi connectivity index (χ4n) is 2.54. The van der Waals surface area contributed by atoms with E-state index in [2.05, 4.69) is 15.5 Å². The van der Waals surface area contributed by atoms with E-state index in [4.69, 9.17) is 4.52 Å². The molecule has 2 heterocycles. The van der Waals surface area contributed by atoms with Gasteiger partial charge in [0, 0.05) is 18.9 Å². The lowest BCUT2D eigenvalue weighted by Crippen LogP contribution is -2.35. The second-order valence-electron chi connectivity index (χ2n) is 5.66. The molecule has 0 bridgehead atoms. The largest absolute Gasteiger partial charge is 0.352 e. The molecule has 0 aliphatic carbocycles. The first-order valence-electron chi connectivity index (χ1n) is 7.50. The number of sulfone groups is 1. The van der Waals surface area contributed by atoms with Gasteiger partial charge in [0.25, 0.3) is 0 Å². The van der Waals surface area contributed by atoms with Crippen LogP contribution in [0.4, 0.5) is 4.39 Å². The van der Waals surface area contributed by atoms with Crippen LogP contribution in [0.25, 0.3) is 11.4 Å². The highest BCUT2D eigenvalue weighted by Crippen LogP contribution is 2.19. The topological polar surface area (TPSA) is 102 Å². The van der Waals surface area contributed by atoms with Crippen molar-refractivity contribution in [2.75, 3.05) is 11.5 Å². The quantitative estimate of drug-likeness (QED) is 0.864. The van der Waals surface area contributed by atoms with Crippen LogP contribution in [0.2, 0.25) is 0 Å². The van der Waals surface area contributed by atoms with Gasteiger partial charge in [-0.25, -0.2) is 12.8 Å². The molecule has 1 N–H and O–H groups in total. The smallest absolute Gasteiger partial charge is 0.227 e. The number of benzene rings is 1. The molecule has 7 nitrogen and oxygen atoms in total. The van der Waals surface area contributed by atoms with Crippen LogP contribution < -0.4 is 5.32 Å². The molecule has 0 spiro atoms. The van der Waals surface area contributed by atoms with Gasteiger partial charge in [-0.2, -0.15) is 4.98 Å². The van der Waals surface area contributed by atoms with Crippen molar-refractivity contribution < 1.29 is 22.1 Å². The van der Waals surface area contributed by atoms with E-state index in [1.807, 2.05) is 0 Å². The van der Waals surface area contributed by atoms with Gasteiger partial charge in [0.1, 0.15) is 5.82 Å². The summed E-state index contributed by atoms with van der Waals surface area (Å²) in [5, 5.41) is 6.39. The molecule has 3 rings (SSSR count). The molecule has 0 radical (unpaired) electrons. The number of aryl methyl sites for hydroxylation is 1. The van der Waals surface area contributed by atoms with E-state index in [9.17, 15) is 17.6 Å². The molecule has 1 saturated heterocycles. The zero-order valence-electron chi connectivity index (χ0n) is 12.7. The molecule has 1 aliphatic rings. The van der Waals surface area contributed by atoms with Crippen LogP contribution in [0.3, 0.4) is 0 Å². The first-order chi connectivity index (χ1) is 11.4. The maximum atomic E-state index is 13.7. The Hall–Kier alpha value is -2.29. The van der Waals surface area contributed by atoms with Crippen molar-refractivity contribution in [3.63, 3.8) is 0 Å². The van der Waals surface area contributed by atoms with Crippen LogP contribution in [0.15, 0.2) is 28.8 Å². The Bertz CT molecular complexity index is 850. The van der Waals surface area contributed by atoms with E-state index in [0.29, 0.717) is 6.42 Å². The normalized spacial score (nSPS) is 19.3. The molecule has 1 atom stereocenters. The first kappa shape index (κ1) is 16.6. The van der Waals surface area contributed by atoms with E-state index < -0.39 is 15.7 Å². The molecule has 9 heteroatoms. The highest BCUT2D eigenvalue weighted by molar-refractivity contribution is 7.91. The number of halogens is 1. The Morgan fingerprint density at radius 2 is 2.17 bits per heavy atom. The molecule has 1 aliphatic heterocycles. The lowest BCUT2D eigenvalue weighted by atomic mass is 10.2. The number of nitrogens with zero attached hydrogens (tertiary/aromatic N) is 2. The third-order valence-corrected chi connectivity index (χ3v) is 5.51. The van der Waals surface area contributed by atoms with Gasteiger partial charge in [0.15, 0.2) is 9.84 Å². The van der Waals surface area contributed by atoms with Gasteiger partial charge in [-0.05, 0) is 18.6 Å². The highest BCUT2D eigenvalue weighted by atomic mass is 32.2. The highest BCUT2D eigenvalue weighted by Gasteiger charge is 2.28. The Kier molecular flexibility index (Phi) is 4.61. The molecular formula is C15H16FN3O4S. The van der Waals surface area contributed by atoms with Crippen molar-refractivity contribution in [1.82, 2.24) is 15.5 Å². The summed E-state index contributed by atoms with van der Waals surface area (Å²) in [4.78, 5) is 15.9. The third-order valence-electron chi connectivity index (χ3n) is 3.75. The molecule has 0 saturated carbocycles. The van der Waals surface area contributed by atoms with Crippen molar-refractivity contribution in [1.29, 1.82) is 0 Å². The average molecular weight is 353 g/mol. The number of amides is 1. The average Bonchev–Trinajstić information content (AvgIpc) is 3.12. The molecule has 24 heavy (non-hydrogen) atoms. The van der Waals surface area contributed by atoms with Crippen LogP contribution in [-0.2, 0) is 21.1 Å². The van der Waals surface area contributed by atoms with E-state index in [1.54, 1.807) is 12.1 Å². The zero-order chi connectivity index (χ0) is 17.2. The van der Waals surface area contributed by atoms with Crippen molar-refractivity contribution in [3.8, 4) is 11.4 Å². The maximum absolute atomic E-state index is 13.7. The van der Waals surface area contributed by atoms with Crippen LogP contribution in [0, 0.1) is 5.82 Å². The Balaban J connectivity index is 1.54. The Morgan fingerprint density at radius 3 is 2.88 bits per heavy atom. The number of aromatic nitrogens is 2. The van der Waals surface area contributed by atoms with E-state index in [-0.39, 0.29) is 53.6 Å². The zero-order valence-corrected chi connectivity index (χ0v) is 13.6. The lowest BCUT2D eigenvalue weighted by Gasteiger charge is -2.09. The summed E-state index contributed by atoms with van der Waals surface area (Å²) >= 11 is 0. The van der Waals surface area contributed by atoms with Crippen molar-refractivity contribution in [3.05, 3.63) is 36.0 Å². The predicted octanol–water partition coefficient (Wildman–Crippen LogP) is 1.11. The fourth-order valence-corrected chi connectivity index (χ4v) is 4.21. The minimum Gasteiger partial charge on any atom is -0.352 e. The summed E-state index contributed by atoms with van der Waals surface area (Å²) in [6.07, 6.45) is 0.730. The number of nitrogens with one attached hydrogen (secondary N) is 1. The Morgan fingerprint density at radius 1 is 1.38 bits per heavy atom. The van der Waals surface area contributed by atoms with Gasteiger partial charge in [-0.3, -0.25) is 4.79 Å². The lowest BCUT2D eigenvalue weighted by molar-refractivity contribution is -0.121. The van der Waals surface area contributed by atoms with E-state index >= 15 is 0 Å². The molecule has 128 valence electrons. The minimum atomic E-state index is -3.03. The summed E-state index contributed by atoms with van der Waals surface area (Å²) in [5.41, 5.74) is 0.230. The van der Waals surface area contributed by atoms with Gasteiger partial charge >= 0.3 is 0 Å². The summed E-state index contributed by atoms with van der Waals surface area (Å²) in [6.45, 7) is 0. The minimum absolute atomic E-state index is 0.0171. The monoisotopic (exact) mass is 353 g/mol. The number of carbonyl (C=O) groups excluding carboxylic acids is 1. The summed E-state index contributed by atoms with van der Waals surface area (Å²) in [7, 11) is -3.03. The van der Waals surface area contributed by atoms with Crippen LogP contribution >= 0.6 is 0 Å². The maximum Gasteiger partial charge on any atom is 0.227 e. The summed E-state index contributed by atoms with van der Waals surface area (Å²) in [6, 6.07) is 5.73. The van der Waals surface area contributed by atoms with Crippen molar-refractivity contribution >= 4 is 15.7 Å². The number of hydrogen-bond donors (Lipinski definition) is 1. The molecule has 1 aromatic carbocycles. The summed E-state index contributed by atoms with van der Waals surface area (Å²) < 4.78 is 41.4. The third kappa shape index (κ3) is 3.97. The predicted molar refractivity (Wildman–Crippen MR) is 83.2 cm³/mol. The number of hydrogen-bond acceptors (Lipinski definition) is 6. The van der Waals surface area contributed by atoms with Crippen LogP contribution in [-0.4, -0.2) is 42.0 Å². The van der Waals surface area contributed by atoms with E-state index in [0.717, 1.165) is 0 Å². The molecule has 1 fully saturated rings. The molecule has 1 amide bonds. The molecular weight excluding hydrogens is 337 g/mol. The van der Waals surface area contributed by atoms with Crippen LogP contribution in [0.5, 0.6) is 0 Å². The van der Waals surface area contributed by atoms with Gasteiger partial charge in [-0.1, -0.05) is 17.3 Å².